The maximum absolute atomic E-state index is 13.9. The number of pyridine rings is 1. The summed E-state index contributed by atoms with van der Waals surface area (Å²) in [5, 5.41) is 4.98. The van der Waals surface area contributed by atoms with Gasteiger partial charge in [0.1, 0.15) is 11.8 Å². The van der Waals surface area contributed by atoms with Crippen LogP contribution in [0.3, 0.4) is 0 Å². The molecule has 4 aromatic rings. The number of para-hydroxylation sites is 2. The third-order valence-corrected chi connectivity index (χ3v) is 7.46. The third kappa shape index (κ3) is 4.37. The molecule has 0 spiro atoms. The summed E-state index contributed by atoms with van der Waals surface area (Å²) in [4.78, 5) is 33.2. The number of aromatic nitrogens is 2. The van der Waals surface area contributed by atoms with Crippen LogP contribution in [0.15, 0.2) is 78.1 Å². The highest BCUT2D eigenvalue weighted by Crippen LogP contribution is 2.42. The minimum Gasteiger partial charge on any atom is -0.496 e. The summed E-state index contributed by atoms with van der Waals surface area (Å²) in [5.41, 5.74) is 3.63. The number of hydrogen-bond acceptors (Lipinski definition) is 5. The molecule has 0 bridgehead atoms. The summed E-state index contributed by atoms with van der Waals surface area (Å²) in [6.45, 7) is 0.587. The molecule has 1 aliphatic heterocycles. The number of ether oxygens (including phenoxy) is 1. The summed E-state index contributed by atoms with van der Waals surface area (Å²) < 4.78 is 7.53. The Morgan fingerprint density at radius 3 is 2.74 bits per heavy atom. The number of rotatable bonds is 6. The van der Waals surface area contributed by atoms with Crippen molar-refractivity contribution in [2.45, 2.75) is 24.2 Å². The Morgan fingerprint density at radius 1 is 1.14 bits per heavy atom. The quantitative estimate of drug-likeness (QED) is 0.445. The molecular weight excluding hydrogens is 460 g/mol. The molecule has 0 aliphatic carbocycles. The average molecular weight is 487 g/mol. The molecule has 2 aromatic heterocycles. The van der Waals surface area contributed by atoms with E-state index >= 15 is 0 Å². The van der Waals surface area contributed by atoms with E-state index < -0.39 is 6.04 Å². The van der Waals surface area contributed by atoms with Crippen molar-refractivity contribution in [3.8, 4) is 5.75 Å². The summed E-state index contributed by atoms with van der Waals surface area (Å²) in [5.74, 6) is 0.649. The molecule has 1 aliphatic rings. The number of methoxy groups -OCH3 is 1. The van der Waals surface area contributed by atoms with E-state index in [-0.39, 0.29) is 17.6 Å². The molecule has 5 rings (SSSR count). The number of carbonyl (C=O) groups excluding carboxylic acids is 2. The lowest BCUT2D eigenvalue weighted by molar-refractivity contribution is -0.139. The highest BCUT2D eigenvalue weighted by molar-refractivity contribution is 8.00. The fourth-order valence-electron chi connectivity index (χ4n) is 4.62. The van der Waals surface area contributed by atoms with Crippen LogP contribution < -0.4 is 10.1 Å². The first-order chi connectivity index (χ1) is 17.1. The molecule has 2 amide bonds. The molecule has 0 fully saturated rings. The molecule has 1 N–H and O–H groups in total. The number of nitrogens with zero attached hydrogens (tertiary/aromatic N) is 3. The van der Waals surface area contributed by atoms with Crippen LogP contribution >= 0.6 is 11.8 Å². The maximum atomic E-state index is 13.9. The van der Waals surface area contributed by atoms with Crippen molar-refractivity contribution in [3.05, 3.63) is 89.7 Å². The lowest BCUT2D eigenvalue weighted by atomic mass is 10.0. The van der Waals surface area contributed by atoms with Crippen LogP contribution in [-0.2, 0) is 29.7 Å². The smallest absolute Gasteiger partial charge is 0.247 e. The predicted octanol–water partition coefficient (Wildman–Crippen LogP) is 4.07. The molecule has 0 saturated carbocycles. The van der Waals surface area contributed by atoms with Crippen LogP contribution in [0.4, 0.5) is 0 Å². The number of hydrogen-bond donors (Lipinski definition) is 1. The van der Waals surface area contributed by atoms with E-state index in [1.54, 1.807) is 24.4 Å². The third-order valence-electron chi connectivity index (χ3n) is 6.30. The second-order valence-electron chi connectivity index (χ2n) is 8.40. The van der Waals surface area contributed by atoms with E-state index in [2.05, 4.69) is 14.9 Å². The number of nitrogens with one attached hydrogen (secondary N) is 1. The highest BCUT2D eigenvalue weighted by atomic mass is 32.2. The van der Waals surface area contributed by atoms with Crippen molar-refractivity contribution in [3.63, 3.8) is 0 Å². The van der Waals surface area contributed by atoms with Crippen LogP contribution in [0.1, 0.15) is 22.7 Å². The Kier molecular flexibility index (Phi) is 6.46. The fourth-order valence-corrected chi connectivity index (χ4v) is 5.71. The number of fused-ring (bicyclic) bond motifs is 3. The van der Waals surface area contributed by atoms with Gasteiger partial charge in [0.2, 0.25) is 11.8 Å². The van der Waals surface area contributed by atoms with Crippen LogP contribution in [0.2, 0.25) is 0 Å². The minimum atomic E-state index is -0.784. The summed E-state index contributed by atoms with van der Waals surface area (Å²) in [7, 11) is 3.60. The van der Waals surface area contributed by atoms with Gasteiger partial charge < -0.3 is 19.5 Å². The van der Waals surface area contributed by atoms with E-state index in [0.29, 0.717) is 18.8 Å². The van der Waals surface area contributed by atoms with Crippen LogP contribution in [-0.4, -0.2) is 39.1 Å². The largest absolute Gasteiger partial charge is 0.496 e. The molecule has 2 aromatic carbocycles. The van der Waals surface area contributed by atoms with E-state index in [9.17, 15) is 9.59 Å². The Balaban J connectivity index is 1.58. The molecule has 0 radical (unpaired) electrons. The number of benzene rings is 2. The summed E-state index contributed by atoms with van der Waals surface area (Å²) in [6, 6.07) is 18.6. The van der Waals surface area contributed by atoms with Crippen molar-refractivity contribution in [2.24, 2.45) is 7.05 Å². The Bertz CT molecular complexity index is 1390. The molecule has 7 nitrogen and oxygen atoms in total. The molecule has 1 unspecified atom stereocenters. The van der Waals surface area contributed by atoms with Gasteiger partial charge in [0.25, 0.3) is 0 Å². The zero-order chi connectivity index (χ0) is 24.4. The van der Waals surface area contributed by atoms with Gasteiger partial charge in [0.05, 0.1) is 17.9 Å². The first kappa shape index (κ1) is 23.0. The molecule has 178 valence electrons. The summed E-state index contributed by atoms with van der Waals surface area (Å²) in [6.07, 6.45) is 3.43. The Hall–Kier alpha value is -3.78. The molecule has 3 heterocycles. The van der Waals surface area contributed by atoms with Gasteiger partial charge in [0.15, 0.2) is 0 Å². The standard InChI is InChI=1S/C27H26N4O3S/c1-30-21-11-5-4-10-20(21)24-25(26(33)29-15-19-9-3-6-12-22(19)34-2)31(23(32)17-35-27(24)30)16-18-8-7-13-28-14-18/h3-14,25H,15-17H2,1-2H3,(H,29,33). The SMILES string of the molecule is COc1ccccc1CNC(=O)C1c2c(n(C)c3ccccc23)SCC(=O)N1Cc1cccnc1. The minimum absolute atomic E-state index is 0.0865. The lowest BCUT2D eigenvalue weighted by Gasteiger charge is -2.30. The second kappa shape index (κ2) is 9.84. The number of carbonyl (C=O) groups is 2. The van der Waals surface area contributed by atoms with E-state index in [1.165, 1.54) is 11.8 Å². The van der Waals surface area contributed by atoms with Gasteiger partial charge in [-0.1, -0.05) is 54.2 Å². The van der Waals surface area contributed by atoms with Crippen LogP contribution in [0.5, 0.6) is 5.75 Å². The highest BCUT2D eigenvalue weighted by Gasteiger charge is 2.38. The van der Waals surface area contributed by atoms with E-state index in [1.807, 2.05) is 67.7 Å². The zero-order valence-electron chi connectivity index (χ0n) is 19.6. The number of aryl methyl sites for hydroxylation is 1. The van der Waals surface area contributed by atoms with Crippen molar-refractivity contribution in [1.29, 1.82) is 0 Å². The number of thioether (sulfide) groups is 1. The van der Waals surface area contributed by atoms with Gasteiger partial charge in [-0.3, -0.25) is 14.6 Å². The topological polar surface area (TPSA) is 76.5 Å². The van der Waals surface area contributed by atoms with Crippen molar-refractivity contribution < 1.29 is 14.3 Å². The van der Waals surface area contributed by atoms with Gasteiger partial charge in [-0.05, 0) is 23.8 Å². The van der Waals surface area contributed by atoms with Crippen LogP contribution in [0.25, 0.3) is 10.9 Å². The normalized spacial score (nSPS) is 15.5. The van der Waals surface area contributed by atoms with Gasteiger partial charge in [-0.25, -0.2) is 0 Å². The van der Waals surface area contributed by atoms with Crippen LogP contribution in [0, 0.1) is 0 Å². The van der Waals surface area contributed by atoms with E-state index in [4.69, 9.17) is 4.74 Å². The van der Waals surface area contributed by atoms with Gasteiger partial charge in [-0.2, -0.15) is 0 Å². The lowest BCUT2D eigenvalue weighted by Crippen LogP contribution is -2.43. The molecule has 0 saturated heterocycles. The second-order valence-corrected chi connectivity index (χ2v) is 9.36. The Labute approximate surface area is 208 Å². The van der Waals surface area contributed by atoms with Gasteiger partial charge in [0, 0.05) is 54.6 Å². The van der Waals surface area contributed by atoms with Crippen molar-refractivity contribution in [1.82, 2.24) is 19.8 Å². The van der Waals surface area contributed by atoms with Gasteiger partial charge in [-0.15, -0.1) is 0 Å². The zero-order valence-corrected chi connectivity index (χ0v) is 20.4. The Morgan fingerprint density at radius 2 is 1.94 bits per heavy atom. The van der Waals surface area contributed by atoms with E-state index in [0.717, 1.165) is 32.6 Å². The molecule has 1 atom stereocenters. The first-order valence-corrected chi connectivity index (χ1v) is 12.3. The predicted molar refractivity (Wildman–Crippen MR) is 136 cm³/mol. The van der Waals surface area contributed by atoms with Crippen molar-refractivity contribution >= 4 is 34.5 Å². The molecular formula is C27H26N4O3S. The first-order valence-electron chi connectivity index (χ1n) is 11.4. The monoisotopic (exact) mass is 486 g/mol. The van der Waals surface area contributed by atoms with Gasteiger partial charge >= 0.3 is 0 Å². The number of amides is 2. The fraction of sp³-hybridized carbons (Fsp3) is 0.222. The molecule has 8 heteroatoms. The average Bonchev–Trinajstić information content (AvgIpc) is 3.08. The van der Waals surface area contributed by atoms with Crippen molar-refractivity contribution in [2.75, 3.05) is 12.9 Å². The maximum Gasteiger partial charge on any atom is 0.247 e. The molecule has 35 heavy (non-hydrogen) atoms. The summed E-state index contributed by atoms with van der Waals surface area (Å²) >= 11 is 1.48.